The molecule has 6 nitrogen and oxygen atoms in total. The minimum absolute atomic E-state index is 0.0199. The molecule has 0 aliphatic rings. The van der Waals surface area contributed by atoms with E-state index in [2.05, 4.69) is 15.7 Å². The van der Waals surface area contributed by atoms with Crippen molar-refractivity contribution in [2.75, 3.05) is 33.4 Å². The van der Waals surface area contributed by atoms with Crippen LogP contribution in [0.3, 0.4) is 0 Å². The van der Waals surface area contributed by atoms with Crippen molar-refractivity contribution >= 4 is 5.91 Å². The molecule has 0 saturated carbocycles. The molecule has 0 radical (unpaired) electrons. The van der Waals surface area contributed by atoms with E-state index in [1.807, 2.05) is 13.2 Å². The Kier molecular flexibility index (Phi) is 6.27. The third-order valence-corrected chi connectivity index (χ3v) is 2.23. The SMILES string of the molecule is COCCNCCNC(=O)Cc1cnn(C)c1. The molecule has 1 rings (SSSR count). The third-order valence-electron chi connectivity index (χ3n) is 2.23. The lowest BCUT2D eigenvalue weighted by Crippen LogP contribution is -2.33. The van der Waals surface area contributed by atoms with Crippen molar-refractivity contribution in [1.29, 1.82) is 0 Å². The van der Waals surface area contributed by atoms with Crippen molar-refractivity contribution in [2.24, 2.45) is 7.05 Å². The van der Waals surface area contributed by atoms with E-state index in [-0.39, 0.29) is 5.91 Å². The second-order valence-corrected chi connectivity index (χ2v) is 3.79. The third kappa shape index (κ3) is 6.03. The van der Waals surface area contributed by atoms with Gasteiger partial charge in [-0.2, -0.15) is 5.10 Å². The first-order valence-electron chi connectivity index (χ1n) is 5.66. The Morgan fingerprint density at radius 2 is 2.29 bits per heavy atom. The van der Waals surface area contributed by atoms with E-state index in [4.69, 9.17) is 4.74 Å². The van der Waals surface area contributed by atoms with Crippen LogP contribution in [-0.2, 0) is 23.0 Å². The van der Waals surface area contributed by atoms with E-state index in [9.17, 15) is 4.79 Å². The molecule has 0 saturated heterocycles. The molecule has 0 aromatic carbocycles. The molecule has 96 valence electrons. The van der Waals surface area contributed by atoms with Crippen LogP contribution in [0.2, 0.25) is 0 Å². The summed E-state index contributed by atoms with van der Waals surface area (Å²) in [7, 11) is 3.50. The van der Waals surface area contributed by atoms with Crippen molar-refractivity contribution in [3.05, 3.63) is 18.0 Å². The molecular formula is C11H20N4O2. The molecule has 1 aromatic rings. The first-order valence-corrected chi connectivity index (χ1v) is 5.66. The molecule has 0 unspecified atom stereocenters. The number of hydrogen-bond donors (Lipinski definition) is 2. The van der Waals surface area contributed by atoms with Gasteiger partial charge in [0.15, 0.2) is 0 Å². The fourth-order valence-electron chi connectivity index (χ4n) is 1.40. The van der Waals surface area contributed by atoms with Crippen LogP contribution < -0.4 is 10.6 Å². The van der Waals surface area contributed by atoms with Crippen LogP contribution in [0.15, 0.2) is 12.4 Å². The van der Waals surface area contributed by atoms with Crippen LogP contribution in [0.1, 0.15) is 5.56 Å². The summed E-state index contributed by atoms with van der Waals surface area (Å²) in [5.74, 6) is 0.0199. The number of rotatable bonds is 8. The molecule has 0 aliphatic heterocycles. The molecule has 1 heterocycles. The lowest BCUT2D eigenvalue weighted by molar-refractivity contribution is -0.120. The molecule has 1 aromatic heterocycles. The molecule has 0 spiro atoms. The van der Waals surface area contributed by atoms with E-state index in [1.54, 1.807) is 18.0 Å². The average molecular weight is 240 g/mol. The second-order valence-electron chi connectivity index (χ2n) is 3.79. The number of aryl methyl sites for hydroxylation is 1. The van der Waals surface area contributed by atoms with E-state index in [0.29, 0.717) is 19.6 Å². The van der Waals surface area contributed by atoms with Crippen LogP contribution in [-0.4, -0.2) is 49.0 Å². The Morgan fingerprint density at radius 1 is 1.47 bits per heavy atom. The largest absolute Gasteiger partial charge is 0.383 e. The Labute approximate surface area is 101 Å². The summed E-state index contributed by atoms with van der Waals surface area (Å²) < 4.78 is 6.58. The van der Waals surface area contributed by atoms with Crippen LogP contribution in [0.4, 0.5) is 0 Å². The topological polar surface area (TPSA) is 68.2 Å². The molecular weight excluding hydrogens is 220 g/mol. The quantitative estimate of drug-likeness (QED) is 0.591. The fraction of sp³-hybridized carbons (Fsp3) is 0.636. The summed E-state index contributed by atoms with van der Waals surface area (Å²) in [6, 6.07) is 0. The highest BCUT2D eigenvalue weighted by Crippen LogP contribution is 1.96. The standard InChI is InChI=1S/C11H20N4O2/c1-15-9-10(8-14-15)7-11(16)13-4-3-12-5-6-17-2/h8-9,12H,3-7H2,1-2H3,(H,13,16). The zero-order valence-corrected chi connectivity index (χ0v) is 10.4. The molecule has 17 heavy (non-hydrogen) atoms. The molecule has 1 amide bonds. The Balaban J connectivity index is 2.05. The minimum Gasteiger partial charge on any atom is -0.383 e. The van der Waals surface area contributed by atoms with Gasteiger partial charge in [0.1, 0.15) is 0 Å². The van der Waals surface area contributed by atoms with Crippen LogP contribution >= 0.6 is 0 Å². The van der Waals surface area contributed by atoms with E-state index in [1.165, 1.54) is 0 Å². The molecule has 0 bridgehead atoms. The maximum absolute atomic E-state index is 11.5. The summed E-state index contributed by atoms with van der Waals surface area (Å²) in [4.78, 5) is 11.5. The van der Waals surface area contributed by atoms with Gasteiger partial charge in [0.2, 0.25) is 5.91 Å². The maximum Gasteiger partial charge on any atom is 0.224 e. The van der Waals surface area contributed by atoms with Gasteiger partial charge >= 0.3 is 0 Å². The highest BCUT2D eigenvalue weighted by molar-refractivity contribution is 5.78. The number of amides is 1. The van der Waals surface area contributed by atoms with E-state index >= 15 is 0 Å². The first-order chi connectivity index (χ1) is 8.22. The highest BCUT2D eigenvalue weighted by atomic mass is 16.5. The van der Waals surface area contributed by atoms with Gasteiger partial charge < -0.3 is 15.4 Å². The maximum atomic E-state index is 11.5. The zero-order valence-electron chi connectivity index (χ0n) is 10.4. The van der Waals surface area contributed by atoms with Crippen molar-refractivity contribution in [3.8, 4) is 0 Å². The number of ether oxygens (including phenoxy) is 1. The summed E-state index contributed by atoms with van der Waals surface area (Å²) in [6.07, 6.45) is 3.93. The van der Waals surface area contributed by atoms with Crippen molar-refractivity contribution < 1.29 is 9.53 Å². The summed E-state index contributed by atoms with van der Waals surface area (Å²) in [5.41, 5.74) is 0.928. The number of aromatic nitrogens is 2. The first kappa shape index (κ1) is 13.7. The normalized spacial score (nSPS) is 10.5. The van der Waals surface area contributed by atoms with Crippen LogP contribution in [0.5, 0.6) is 0 Å². The van der Waals surface area contributed by atoms with Gasteiger partial charge in [0.05, 0.1) is 19.2 Å². The fourth-order valence-corrected chi connectivity index (χ4v) is 1.40. The smallest absolute Gasteiger partial charge is 0.224 e. The Bertz CT molecular complexity index is 338. The average Bonchev–Trinajstić information content (AvgIpc) is 2.69. The second kappa shape index (κ2) is 7.81. The molecule has 0 fully saturated rings. The highest BCUT2D eigenvalue weighted by Gasteiger charge is 2.03. The zero-order chi connectivity index (χ0) is 12.5. The number of hydrogen-bond acceptors (Lipinski definition) is 4. The Morgan fingerprint density at radius 3 is 2.94 bits per heavy atom. The van der Waals surface area contributed by atoms with Crippen molar-refractivity contribution in [3.63, 3.8) is 0 Å². The van der Waals surface area contributed by atoms with Gasteiger partial charge in [-0.05, 0) is 5.56 Å². The van der Waals surface area contributed by atoms with Crippen molar-refractivity contribution in [2.45, 2.75) is 6.42 Å². The monoisotopic (exact) mass is 240 g/mol. The molecule has 2 N–H and O–H groups in total. The van der Waals surface area contributed by atoms with Gasteiger partial charge in [-0.15, -0.1) is 0 Å². The summed E-state index contributed by atoms with van der Waals surface area (Å²) in [5, 5.41) is 10.0. The van der Waals surface area contributed by atoms with Gasteiger partial charge in [-0.1, -0.05) is 0 Å². The van der Waals surface area contributed by atoms with Crippen molar-refractivity contribution in [1.82, 2.24) is 20.4 Å². The predicted molar refractivity (Wildman–Crippen MR) is 64.7 cm³/mol. The summed E-state index contributed by atoms with van der Waals surface area (Å²) >= 11 is 0. The molecule has 0 atom stereocenters. The predicted octanol–water partition coefficient (Wildman–Crippen LogP) is -0.685. The van der Waals surface area contributed by atoms with E-state index in [0.717, 1.165) is 18.7 Å². The Hall–Kier alpha value is -1.40. The number of nitrogens with zero attached hydrogens (tertiary/aromatic N) is 2. The lowest BCUT2D eigenvalue weighted by Gasteiger charge is -2.05. The minimum atomic E-state index is 0.0199. The molecule has 6 heteroatoms. The number of nitrogens with one attached hydrogen (secondary N) is 2. The van der Waals surface area contributed by atoms with Crippen LogP contribution in [0, 0.1) is 0 Å². The van der Waals surface area contributed by atoms with Gasteiger partial charge in [0, 0.05) is 40.0 Å². The van der Waals surface area contributed by atoms with Gasteiger partial charge in [-0.3, -0.25) is 9.48 Å². The summed E-state index contributed by atoms with van der Waals surface area (Å²) in [6.45, 7) is 2.86. The van der Waals surface area contributed by atoms with Gasteiger partial charge in [0.25, 0.3) is 0 Å². The lowest BCUT2D eigenvalue weighted by atomic mass is 10.2. The van der Waals surface area contributed by atoms with Crippen LogP contribution in [0.25, 0.3) is 0 Å². The van der Waals surface area contributed by atoms with Gasteiger partial charge in [-0.25, -0.2) is 0 Å². The number of carbonyl (C=O) groups excluding carboxylic acids is 1. The number of methoxy groups -OCH3 is 1. The number of carbonyl (C=O) groups is 1. The molecule has 0 aliphatic carbocycles. The van der Waals surface area contributed by atoms with E-state index < -0.39 is 0 Å².